The summed E-state index contributed by atoms with van der Waals surface area (Å²) >= 11 is 0. The van der Waals surface area contributed by atoms with E-state index in [2.05, 4.69) is 17.6 Å². The quantitative estimate of drug-likeness (QED) is 0.675. The number of unbranched alkanes of at least 4 members (excludes halogenated alkanes) is 2. The summed E-state index contributed by atoms with van der Waals surface area (Å²) < 4.78 is 0. The van der Waals surface area contributed by atoms with Crippen molar-refractivity contribution < 1.29 is 9.59 Å². The molecule has 0 saturated carbocycles. The minimum atomic E-state index is -0.522. The Morgan fingerprint density at radius 2 is 1.71 bits per heavy atom. The van der Waals surface area contributed by atoms with Crippen molar-refractivity contribution in [3.63, 3.8) is 0 Å². The molecule has 0 aliphatic carbocycles. The first-order valence-corrected chi connectivity index (χ1v) is 9.03. The molecule has 2 unspecified atom stereocenters. The maximum Gasteiger partial charge on any atom is 0.252 e. The average Bonchev–Trinajstić information content (AvgIpc) is 2.52. The van der Waals surface area contributed by atoms with E-state index in [-0.39, 0.29) is 23.8 Å². The molecule has 0 radical (unpaired) electrons. The summed E-state index contributed by atoms with van der Waals surface area (Å²) in [5, 5.41) is 5.93. The molecule has 2 N–H and O–H groups in total. The number of aryl methyl sites for hydroxylation is 1. The molecule has 134 valence electrons. The minimum Gasteiger partial charge on any atom is -0.352 e. The standard InChI is InChI=1S/C20H32N2O2/c1-6-7-8-12-16(5)21-20(24)18(14(2)3)22-19(23)17-13-10-9-11-15(17)4/h9-11,13-14,16,18H,6-8,12H2,1-5H3,(H,21,24)(H,22,23). The third-order valence-corrected chi connectivity index (χ3v) is 4.25. The SMILES string of the molecule is CCCCCC(C)NC(=O)C(NC(=O)c1ccccc1C)C(C)C. The topological polar surface area (TPSA) is 58.2 Å². The molecule has 2 amide bonds. The molecular weight excluding hydrogens is 300 g/mol. The second kappa shape index (κ2) is 10.1. The van der Waals surface area contributed by atoms with Crippen molar-refractivity contribution in [1.29, 1.82) is 0 Å². The fourth-order valence-corrected chi connectivity index (χ4v) is 2.69. The van der Waals surface area contributed by atoms with Crippen molar-refractivity contribution >= 4 is 11.8 Å². The van der Waals surface area contributed by atoms with E-state index in [1.54, 1.807) is 6.07 Å². The van der Waals surface area contributed by atoms with Gasteiger partial charge in [-0.05, 0) is 37.8 Å². The summed E-state index contributed by atoms with van der Waals surface area (Å²) in [6.45, 7) is 9.98. The Morgan fingerprint density at radius 3 is 2.29 bits per heavy atom. The van der Waals surface area contributed by atoms with Crippen molar-refractivity contribution in [2.45, 2.75) is 72.4 Å². The van der Waals surface area contributed by atoms with Crippen LogP contribution >= 0.6 is 0 Å². The lowest BCUT2D eigenvalue weighted by Gasteiger charge is -2.24. The van der Waals surface area contributed by atoms with Crippen LogP contribution in [0.4, 0.5) is 0 Å². The molecule has 1 rings (SSSR count). The lowest BCUT2D eigenvalue weighted by atomic mass is 10.0. The highest BCUT2D eigenvalue weighted by molar-refractivity contribution is 5.98. The first-order valence-electron chi connectivity index (χ1n) is 9.03. The summed E-state index contributed by atoms with van der Waals surface area (Å²) in [6, 6.07) is 7.02. The molecule has 0 aliphatic rings. The molecule has 0 fully saturated rings. The molecule has 0 aromatic heterocycles. The van der Waals surface area contributed by atoms with E-state index in [4.69, 9.17) is 0 Å². The van der Waals surface area contributed by atoms with E-state index in [9.17, 15) is 9.59 Å². The highest BCUT2D eigenvalue weighted by Crippen LogP contribution is 2.10. The molecule has 2 atom stereocenters. The van der Waals surface area contributed by atoms with Crippen LogP contribution in [-0.2, 0) is 4.79 Å². The van der Waals surface area contributed by atoms with E-state index < -0.39 is 6.04 Å². The molecule has 4 nitrogen and oxygen atoms in total. The average molecular weight is 332 g/mol. The highest BCUT2D eigenvalue weighted by atomic mass is 16.2. The summed E-state index contributed by atoms with van der Waals surface area (Å²) in [4.78, 5) is 25.0. The van der Waals surface area contributed by atoms with Crippen LogP contribution in [-0.4, -0.2) is 23.9 Å². The van der Waals surface area contributed by atoms with Gasteiger partial charge in [-0.2, -0.15) is 0 Å². The molecule has 0 heterocycles. The summed E-state index contributed by atoms with van der Waals surface area (Å²) in [5.74, 6) is -0.266. The first-order chi connectivity index (χ1) is 11.4. The van der Waals surface area contributed by atoms with Crippen LogP contribution in [0.15, 0.2) is 24.3 Å². The Morgan fingerprint density at radius 1 is 1.04 bits per heavy atom. The van der Waals surface area contributed by atoms with Crippen LogP contribution < -0.4 is 10.6 Å². The van der Waals surface area contributed by atoms with E-state index >= 15 is 0 Å². The zero-order valence-electron chi connectivity index (χ0n) is 15.7. The summed E-state index contributed by atoms with van der Waals surface area (Å²) in [5.41, 5.74) is 1.53. The number of nitrogens with one attached hydrogen (secondary N) is 2. The van der Waals surface area contributed by atoms with Gasteiger partial charge in [0.05, 0.1) is 0 Å². The molecule has 24 heavy (non-hydrogen) atoms. The van der Waals surface area contributed by atoms with Gasteiger partial charge in [-0.15, -0.1) is 0 Å². The molecule has 4 heteroatoms. The summed E-state index contributed by atoms with van der Waals surface area (Å²) in [7, 11) is 0. The molecule has 1 aromatic rings. The second-order valence-corrected chi connectivity index (χ2v) is 6.92. The van der Waals surface area contributed by atoms with Crippen molar-refractivity contribution in [3.05, 3.63) is 35.4 Å². The minimum absolute atomic E-state index is 0.0285. The predicted molar refractivity (Wildman–Crippen MR) is 99.0 cm³/mol. The Hall–Kier alpha value is -1.84. The van der Waals surface area contributed by atoms with Gasteiger partial charge in [0, 0.05) is 11.6 Å². The number of carbonyl (C=O) groups excluding carboxylic acids is 2. The van der Waals surface area contributed by atoms with E-state index in [0.717, 1.165) is 18.4 Å². The number of hydrogen-bond donors (Lipinski definition) is 2. The highest BCUT2D eigenvalue weighted by Gasteiger charge is 2.25. The molecule has 0 aliphatic heterocycles. The van der Waals surface area contributed by atoms with E-state index in [1.807, 2.05) is 45.9 Å². The van der Waals surface area contributed by atoms with Gasteiger partial charge < -0.3 is 10.6 Å². The zero-order valence-corrected chi connectivity index (χ0v) is 15.7. The maximum atomic E-state index is 12.6. The normalized spacial score (nSPS) is 13.4. The van der Waals surface area contributed by atoms with Crippen LogP contribution in [0.2, 0.25) is 0 Å². The van der Waals surface area contributed by atoms with Gasteiger partial charge in [0.25, 0.3) is 5.91 Å². The number of carbonyl (C=O) groups is 2. The smallest absolute Gasteiger partial charge is 0.252 e. The first kappa shape index (κ1) is 20.2. The van der Waals surface area contributed by atoms with Crippen LogP contribution in [0.3, 0.4) is 0 Å². The van der Waals surface area contributed by atoms with Crippen LogP contribution in [0.1, 0.15) is 69.3 Å². The van der Waals surface area contributed by atoms with Crippen molar-refractivity contribution in [3.8, 4) is 0 Å². The largest absolute Gasteiger partial charge is 0.352 e. The monoisotopic (exact) mass is 332 g/mol. The van der Waals surface area contributed by atoms with Gasteiger partial charge >= 0.3 is 0 Å². The molecule has 0 bridgehead atoms. The maximum absolute atomic E-state index is 12.6. The molecular formula is C20H32N2O2. The Bertz CT molecular complexity index is 540. The Balaban J connectivity index is 2.68. The van der Waals surface area contributed by atoms with Crippen LogP contribution in [0.25, 0.3) is 0 Å². The number of rotatable bonds is 9. The van der Waals surface area contributed by atoms with Crippen LogP contribution in [0.5, 0.6) is 0 Å². The molecule has 0 saturated heterocycles. The van der Waals surface area contributed by atoms with Gasteiger partial charge in [-0.25, -0.2) is 0 Å². The fourth-order valence-electron chi connectivity index (χ4n) is 2.69. The van der Waals surface area contributed by atoms with Gasteiger partial charge in [0.1, 0.15) is 6.04 Å². The lowest BCUT2D eigenvalue weighted by molar-refractivity contribution is -0.124. The molecule has 0 spiro atoms. The Kier molecular flexibility index (Phi) is 8.51. The van der Waals surface area contributed by atoms with E-state index in [1.165, 1.54) is 12.8 Å². The molecule has 1 aromatic carbocycles. The third-order valence-electron chi connectivity index (χ3n) is 4.25. The fraction of sp³-hybridized carbons (Fsp3) is 0.600. The predicted octanol–water partition coefficient (Wildman–Crippen LogP) is 3.83. The summed E-state index contributed by atoms with van der Waals surface area (Å²) in [6.07, 6.45) is 4.43. The van der Waals surface area contributed by atoms with E-state index in [0.29, 0.717) is 5.56 Å². The number of hydrogen-bond acceptors (Lipinski definition) is 2. The van der Waals surface area contributed by atoms with Crippen molar-refractivity contribution in [1.82, 2.24) is 10.6 Å². The Labute approximate surface area is 146 Å². The van der Waals surface area contributed by atoms with Crippen molar-refractivity contribution in [2.75, 3.05) is 0 Å². The third kappa shape index (κ3) is 6.34. The lowest BCUT2D eigenvalue weighted by Crippen LogP contribution is -2.51. The van der Waals surface area contributed by atoms with Gasteiger partial charge in [-0.1, -0.05) is 58.2 Å². The van der Waals surface area contributed by atoms with Gasteiger partial charge in [0.15, 0.2) is 0 Å². The van der Waals surface area contributed by atoms with Crippen molar-refractivity contribution in [2.24, 2.45) is 5.92 Å². The van der Waals surface area contributed by atoms with Crippen LogP contribution in [0, 0.1) is 12.8 Å². The van der Waals surface area contributed by atoms with Gasteiger partial charge in [0.2, 0.25) is 5.91 Å². The second-order valence-electron chi connectivity index (χ2n) is 6.92. The van der Waals surface area contributed by atoms with Gasteiger partial charge in [-0.3, -0.25) is 9.59 Å². The zero-order chi connectivity index (χ0) is 18.1. The number of amides is 2. The number of benzene rings is 1.